The molecule has 1 aliphatic rings. The minimum absolute atomic E-state index is 0.128. The Balaban J connectivity index is 1.95. The van der Waals surface area contributed by atoms with Crippen molar-refractivity contribution in [1.82, 2.24) is 9.29 Å². The first kappa shape index (κ1) is 13.0. The van der Waals surface area contributed by atoms with Crippen molar-refractivity contribution in [3.63, 3.8) is 0 Å². The van der Waals surface area contributed by atoms with Gasteiger partial charge in [0.05, 0.1) is 12.3 Å². The summed E-state index contributed by atoms with van der Waals surface area (Å²) < 4.78 is 24.3. The van der Waals surface area contributed by atoms with E-state index >= 15 is 0 Å². The number of pyridine rings is 1. The molecule has 0 radical (unpaired) electrons. The number of amides is 1. The van der Waals surface area contributed by atoms with E-state index in [4.69, 9.17) is 0 Å². The average molecular weight is 269 g/mol. The zero-order valence-electron chi connectivity index (χ0n) is 10.1. The lowest BCUT2D eigenvalue weighted by Crippen LogP contribution is -2.34. The van der Waals surface area contributed by atoms with E-state index in [1.165, 1.54) is 4.31 Å². The van der Waals surface area contributed by atoms with Crippen LogP contribution in [0.15, 0.2) is 18.3 Å². The molecule has 1 fully saturated rings. The van der Waals surface area contributed by atoms with Gasteiger partial charge in [0.15, 0.2) is 0 Å². The number of sulfonamides is 1. The Morgan fingerprint density at radius 1 is 1.50 bits per heavy atom. The second-order valence-corrected chi connectivity index (χ2v) is 6.36. The smallest absolute Gasteiger partial charge is 0.240 e. The fourth-order valence-corrected chi connectivity index (χ4v) is 3.23. The Morgan fingerprint density at radius 2 is 2.28 bits per heavy atom. The first-order valence-electron chi connectivity index (χ1n) is 5.68. The molecule has 98 valence electrons. The van der Waals surface area contributed by atoms with E-state index in [0.717, 1.165) is 5.56 Å². The van der Waals surface area contributed by atoms with Crippen molar-refractivity contribution in [2.24, 2.45) is 0 Å². The predicted molar refractivity (Wildman–Crippen MR) is 67.6 cm³/mol. The molecule has 2 heterocycles. The molecule has 0 bridgehead atoms. The first-order chi connectivity index (χ1) is 8.47. The fourth-order valence-electron chi connectivity index (χ4n) is 1.75. The molecule has 0 spiro atoms. The second-order valence-electron chi connectivity index (χ2n) is 4.27. The van der Waals surface area contributed by atoms with Gasteiger partial charge in [0.2, 0.25) is 15.9 Å². The van der Waals surface area contributed by atoms with Crippen LogP contribution in [-0.2, 0) is 14.8 Å². The number of hydrogen-bond acceptors (Lipinski definition) is 4. The van der Waals surface area contributed by atoms with Gasteiger partial charge in [0.25, 0.3) is 0 Å². The van der Waals surface area contributed by atoms with Crippen LogP contribution in [-0.4, -0.2) is 42.5 Å². The van der Waals surface area contributed by atoms with Crippen LogP contribution in [0.1, 0.15) is 12.0 Å². The largest absolute Gasteiger partial charge is 0.310 e. The molecule has 0 aromatic carbocycles. The molecule has 0 unspecified atom stereocenters. The van der Waals surface area contributed by atoms with Crippen LogP contribution in [0.3, 0.4) is 0 Å². The normalized spacial score (nSPS) is 18.7. The van der Waals surface area contributed by atoms with Gasteiger partial charge in [-0.3, -0.25) is 4.79 Å². The maximum atomic E-state index is 11.7. The van der Waals surface area contributed by atoms with E-state index in [1.807, 2.05) is 13.0 Å². The van der Waals surface area contributed by atoms with Crippen molar-refractivity contribution in [3.8, 4) is 0 Å². The monoisotopic (exact) mass is 269 g/mol. The van der Waals surface area contributed by atoms with Crippen LogP contribution in [0.5, 0.6) is 0 Å². The van der Waals surface area contributed by atoms with E-state index in [9.17, 15) is 13.2 Å². The Hall–Kier alpha value is -1.47. The third-order valence-corrected chi connectivity index (χ3v) is 4.61. The van der Waals surface area contributed by atoms with Crippen molar-refractivity contribution < 1.29 is 13.2 Å². The Labute approximate surface area is 106 Å². The average Bonchev–Trinajstić information content (AvgIpc) is 2.62. The number of hydrogen-bond donors (Lipinski definition) is 1. The Bertz CT molecular complexity index is 539. The standard InChI is InChI=1S/C11H15N3O3S/c1-9-3-4-10(12-7-9)13-11(15)8-14-5-2-6-18(14,16)17/h3-4,7H,2,5-6,8H2,1H3,(H,12,13,15). The molecule has 1 aromatic heterocycles. The molecule has 0 aliphatic carbocycles. The molecule has 7 heteroatoms. The second kappa shape index (κ2) is 5.03. The molecule has 1 aliphatic heterocycles. The summed E-state index contributed by atoms with van der Waals surface area (Å²) in [4.78, 5) is 15.7. The van der Waals surface area contributed by atoms with Crippen LogP contribution in [0.25, 0.3) is 0 Å². The third kappa shape index (κ3) is 3.05. The van der Waals surface area contributed by atoms with Crippen molar-refractivity contribution in [1.29, 1.82) is 0 Å². The molecule has 0 saturated carbocycles. The highest BCUT2D eigenvalue weighted by atomic mass is 32.2. The molecule has 2 rings (SSSR count). The number of rotatable bonds is 3. The lowest BCUT2D eigenvalue weighted by Gasteiger charge is -2.13. The predicted octanol–water partition coefficient (Wildman–Crippen LogP) is 0.364. The third-order valence-electron chi connectivity index (χ3n) is 2.70. The number of nitrogens with zero attached hydrogens (tertiary/aromatic N) is 2. The molecule has 1 amide bonds. The lowest BCUT2D eigenvalue weighted by molar-refractivity contribution is -0.116. The number of carbonyl (C=O) groups excluding carboxylic acids is 1. The van der Waals surface area contributed by atoms with Crippen molar-refractivity contribution >= 4 is 21.7 Å². The van der Waals surface area contributed by atoms with Gasteiger partial charge in [-0.25, -0.2) is 13.4 Å². The van der Waals surface area contributed by atoms with Crippen molar-refractivity contribution in [2.75, 3.05) is 24.2 Å². The number of carbonyl (C=O) groups is 1. The molecule has 0 atom stereocenters. The van der Waals surface area contributed by atoms with E-state index in [2.05, 4.69) is 10.3 Å². The summed E-state index contributed by atoms with van der Waals surface area (Å²) in [6, 6.07) is 3.51. The summed E-state index contributed by atoms with van der Waals surface area (Å²) in [6.07, 6.45) is 2.22. The van der Waals surface area contributed by atoms with Crippen LogP contribution < -0.4 is 5.32 Å². The highest BCUT2D eigenvalue weighted by Gasteiger charge is 2.29. The van der Waals surface area contributed by atoms with E-state index in [-0.39, 0.29) is 18.2 Å². The van der Waals surface area contributed by atoms with Gasteiger partial charge in [-0.15, -0.1) is 0 Å². The zero-order chi connectivity index (χ0) is 13.2. The minimum atomic E-state index is -3.23. The van der Waals surface area contributed by atoms with Gasteiger partial charge in [-0.1, -0.05) is 6.07 Å². The van der Waals surface area contributed by atoms with Crippen molar-refractivity contribution in [2.45, 2.75) is 13.3 Å². The molecule has 1 saturated heterocycles. The van der Waals surface area contributed by atoms with Crippen LogP contribution in [0, 0.1) is 6.92 Å². The molecule has 1 aromatic rings. The molecule has 1 N–H and O–H groups in total. The maximum absolute atomic E-state index is 11.7. The number of aromatic nitrogens is 1. The van der Waals surface area contributed by atoms with E-state index in [1.54, 1.807) is 12.3 Å². The van der Waals surface area contributed by atoms with Gasteiger partial charge in [-0.05, 0) is 25.0 Å². The Morgan fingerprint density at radius 3 is 2.83 bits per heavy atom. The quantitative estimate of drug-likeness (QED) is 0.859. The van der Waals surface area contributed by atoms with Gasteiger partial charge in [-0.2, -0.15) is 4.31 Å². The first-order valence-corrected chi connectivity index (χ1v) is 7.29. The fraction of sp³-hybridized carbons (Fsp3) is 0.455. The SMILES string of the molecule is Cc1ccc(NC(=O)CN2CCCS2(=O)=O)nc1. The summed E-state index contributed by atoms with van der Waals surface area (Å²) in [5.74, 6) is 0.197. The molecular weight excluding hydrogens is 254 g/mol. The molecule has 18 heavy (non-hydrogen) atoms. The van der Waals surface area contributed by atoms with Gasteiger partial charge in [0, 0.05) is 12.7 Å². The summed E-state index contributed by atoms with van der Waals surface area (Å²) in [5.41, 5.74) is 0.995. The summed E-state index contributed by atoms with van der Waals surface area (Å²) >= 11 is 0. The topological polar surface area (TPSA) is 79.4 Å². The highest BCUT2D eigenvalue weighted by molar-refractivity contribution is 7.89. The summed E-state index contributed by atoms with van der Waals surface area (Å²) in [6.45, 7) is 2.17. The van der Waals surface area contributed by atoms with Gasteiger partial charge < -0.3 is 5.32 Å². The number of anilines is 1. The number of nitrogens with one attached hydrogen (secondary N) is 1. The minimum Gasteiger partial charge on any atom is -0.310 e. The molecular formula is C11H15N3O3S. The van der Waals surface area contributed by atoms with Gasteiger partial charge >= 0.3 is 0 Å². The lowest BCUT2D eigenvalue weighted by atomic mass is 10.3. The van der Waals surface area contributed by atoms with E-state index in [0.29, 0.717) is 18.8 Å². The summed E-state index contributed by atoms with van der Waals surface area (Å²) in [5, 5.41) is 2.58. The van der Waals surface area contributed by atoms with E-state index < -0.39 is 10.0 Å². The molecule has 6 nitrogen and oxygen atoms in total. The van der Waals surface area contributed by atoms with Gasteiger partial charge in [0.1, 0.15) is 5.82 Å². The van der Waals surface area contributed by atoms with Crippen LogP contribution in [0.2, 0.25) is 0 Å². The summed E-state index contributed by atoms with van der Waals surface area (Å²) in [7, 11) is -3.23. The Kier molecular flexibility index (Phi) is 3.63. The maximum Gasteiger partial charge on any atom is 0.240 e. The number of aryl methyl sites for hydroxylation is 1. The zero-order valence-corrected chi connectivity index (χ0v) is 10.9. The van der Waals surface area contributed by atoms with Crippen LogP contribution in [0.4, 0.5) is 5.82 Å². The van der Waals surface area contributed by atoms with Crippen LogP contribution >= 0.6 is 0 Å². The van der Waals surface area contributed by atoms with Crippen molar-refractivity contribution in [3.05, 3.63) is 23.9 Å². The highest BCUT2D eigenvalue weighted by Crippen LogP contribution is 2.13.